The van der Waals surface area contributed by atoms with Crippen molar-refractivity contribution in [2.24, 2.45) is 17.4 Å². The lowest BCUT2D eigenvalue weighted by Gasteiger charge is -2.25. The fourth-order valence-corrected chi connectivity index (χ4v) is 3.58. The lowest BCUT2D eigenvalue weighted by atomic mass is 10.0. The molecule has 1 heterocycles. The molecule has 0 bridgehead atoms. The number of aromatic nitrogens is 1. The van der Waals surface area contributed by atoms with E-state index >= 15 is 0 Å². The number of carboxylic acids is 1. The van der Waals surface area contributed by atoms with E-state index in [1.807, 2.05) is 24.3 Å². The fraction of sp³-hybridized carbons (Fsp3) is 0.435. The Labute approximate surface area is 202 Å². The highest BCUT2D eigenvalue weighted by Gasteiger charge is 2.31. The largest absolute Gasteiger partial charge is 0.480 e. The molecule has 0 aliphatic rings. The molecule has 2 rings (SSSR count). The van der Waals surface area contributed by atoms with Gasteiger partial charge in [-0.05, 0) is 24.0 Å². The van der Waals surface area contributed by atoms with Crippen molar-refractivity contribution in [2.75, 3.05) is 6.54 Å². The van der Waals surface area contributed by atoms with Crippen molar-refractivity contribution >= 4 is 40.5 Å². The zero-order valence-corrected chi connectivity index (χ0v) is 19.7. The molecule has 35 heavy (non-hydrogen) atoms. The minimum Gasteiger partial charge on any atom is -0.480 e. The Bertz CT molecular complexity index is 1080. The number of H-pyrrole nitrogens is 1. The van der Waals surface area contributed by atoms with Crippen LogP contribution in [-0.4, -0.2) is 64.4 Å². The Morgan fingerprint density at radius 1 is 1.00 bits per heavy atom. The number of amides is 4. The highest BCUT2D eigenvalue weighted by atomic mass is 16.4. The number of primary amides is 1. The summed E-state index contributed by atoms with van der Waals surface area (Å²) in [7, 11) is 0. The van der Waals surface area contributed by atoms with Gasteiger partial charge in [0.25, 0.3) is 0 Å². The first-order valence-electron chi connectivity index (χ1n) is 11.2. The maximum Gasteiger partial charge on any atom is 0.326 e. The molecule has 12 heteroatoms. The average molecular weight is 489 g/mol. The van der Waals surface area contributed by atoms with E-state index in [2.05, 4.69) is 20.9 Å². The normalized spacial score (nSPS) is 13.6. The third kappa shape index (κ3) is 7.81. The quantitative estimate of drug-likeness (QED) is 0.189. The Balaban J connectivity index is 2.26. The van der Waals surface area contributed by atoms with Gasteiger partial charge in [0, 0.05) is 29.9 Å². The van der Waals surface area contributed by atoms with Crippen LogP contribution in [0.25, 0.3) is 10.9 Å². The molecule has 12 nitrogen and oxygen atoms in total. The van der Waals surface area contributed by atoms with Gasteiger partial charge in [-0.2, -0.15) is 0 Å². The van der Waals surface area contributed by atoms with Crippen LogP contribution in [0, 0.1) is 5.92 Å². The number of carbonyl (C=O) groups excluding carboxylic acids is 4. The van der Waals surface area contributed by atoms with Gasteiger partial charge in [0.15, 0.2) is 0 Å². The second-order valence-corrected chi connectivity index (χ2v) is 8.52. The minimum atomic E-state index is -1.25. The number of aromatic amines is 1. The Hall–Kier alpha value is -3.93. The molecule has 0 aliphatic heterocycles. The first kappa shape index (κ1) is 27.3. The number of carboxylic acid groups (broad SMARTS) is 1. The van der Waals surface area contributed by atoms with E-state index in [1.165, 1.54) is 0 Å². The number of rotatable bonds is 13. The Kier molecular flexibility index (Phi) is 9.76. The van der Waals surface area contributed by atoms with Gasteiger partial charge in [0.2, 0.25) is 23.6 Å². The molecular weight excluding hydrogens is 456 g/mol. The number of carbonyl (C=O) groups is 5. The van der Waals surface area contributed by atoms with Gasteiger partial charge in [0.1, 0.15) is 18.1 Å². The predicted octanol–water partition coefficient (Wildman–Crippen LogP) is -0.870. The minimum absolute atomic E-state index is 0.0927. The van der Waals surface area contributed by atoms with Crippen molar-refractivity contribution in [3.8, 4) is 0 Å². The van der Waals surface area contributed by atoms with Crippen molar-refractivity contribution in [1.29, 1.82) is 0 Å². The number of hydrogen-bond donors (Lipinski definition) is 7. The van der Waals surface area contributed by atoms with E-state index < -0.39 is 53.6 Å². The average Bonchev–Trinajstić information content (AvgIpc) is 3.21. The highest BCUT2D eigenvalue weighted by molar-refractivity contribution is 5.94. The summed E-state index contributed by atoms with van der Waals surface area (Å²) in [5, 5.41) is 17.7. The van der Waals surface area contributed by atoms with Gasteiger partial charge in [-0.15, -0.1) is 0 Å². The maximum absolute atomic E-state index is 13.2. The smallest absolute Gasteiger partial charge is 0.326 e. The summed E-state index contributed by atoms with van der Waals surface area (Å²) in [6, 6.07) is 3.88. The second kappa shape index (κ2) is 12.5. The molecule has 0 saturated heterocycles. The van der Waals surface area contributed by atoms with Crippen molar-refractivity contribution in [1.82, 2.24) is 20.9 Å². The van der Waals surface area contributed by atoms with Gasteiger partial charge in [-0.1, -0.05) is 32.0 Å². The number of hydrogen-bond acceptors (Lipinski definition) is 6. The molecule has 0 fully saturated rings. The third-order valence-corrected chi connectivity index (χ3v) is 5.48. The van der Waals surface area contributed by atoms with Gasteiger partial charge in [-0.25, -0.2) is 4.79 Å². The van der Waals surface area contributed by atoms with E-state index in [4.69, 9.17) is 11.5 Å². The molecule has 3 atom stereocenters. The third-order valence-electron chi connectivity index (χ3n) is 5.48. The molecule has 4 amide bonds. The van der Waals surface area contributed by atoms with Crippen molar-refractivity contribution < 1.29 is 29.1 Å². The zero-order chi connectivity index (χ0) is 26.1. The lowest BCUT2D eigenvalue weighted by Crippen LogP contribution is -2.57. The summed E-state index contributed by atoms with van der Waals surface area (Å²) in [5.74, 6) is -4.41. The van der Waals surface area contributed by atoms with Crippen molar-refractivity contribution in [3.05, 3.63) is 36.0 Å². The fourth-order valence-electron chi connectivity index (χ4n) is 3.58. The molecule has 0 aliphatic carbocycles. The summed E-state index contributed by atoms with van der Waals surface area (Å²) in [6.45, 7) is 2.89. The molecule has 3 unspecified atom stereocenters. The monoisotopic (exact) mass is 488 g/mol. The lowest BCUT2D eigenvalue weighted by molar-refractivity contribution is -0.143. The maximum atomic E-state index is 13.2. The van der Waals surface area contributed by atoms with Gasteiger partial charge >= 0.3 is 5.97 Å². The summed E-state index contributed by atoms with van der Waals surface area (Å²) in [5.41, 5.74) is 12.2. The Morgan fingerprint density at radius 2 is 1.66 bits per heavy atom. The molecule has 190 valence electrons. The first-order chi connectivity index (χ1) is 16.5. The summed E-state index contributed by atoms with van der Waals surface area (Å²) >= 11 is 0. The SMILES string of the molecule is CC(C)C(NC(=O)C(CCC(N)=O)NC(=O)C(Cc1c[nH]c2ccccc12)NC(=O)CN)C(=O)O. The number of nitrogens with two attached hydrogens (primary N) is 2. The number of aliphatic carboxylic acids is 1. The number of benzene rings is 1. The summed E-state index contributed by atoms with van der Waals surface area (Å²) in [4.78, 5) is 64.0. The molecule has 1 aromatic heterocycles. The molecule has 1 aromatic carbocycles. The van der Waals surface area contributed by atoms with Gasteiger partial charge in [-0.3, -0.25) is 19.2 Å². The molecule has 9 N–H and O–H groups in total. The van der Waals surface area contributed by atoms with Crippen LogP contribution in [0.2, 0.25) is 0 Å². The van der Waals surface area contributed by atoms with E-state index in [1.54, 1.807) is 20.0 Å². The number of para-hydroxylation sites is 1. The van der Waals surface area contributed by atoms with E-state index in [-0.39, 0.29) is 25.8 Å². The van der Waals surface area contributed by atoms with Crippen LogP contribution >= 0.6 is 0 Å². The first-order valence-corrected chi connectivity index (χ1v) is 11.2. The van der Waals surface area contributed by atoms with Crippen LogP contribution in [0.3, 0.4) is 0 Å². The van der Waals surface area contributed by atoms with Crippen molar-refractivity contribution in [2.45, 2.75) is 51.2 Å². The molecule has 0 saturated carbocycles. The zero-order valence-electron chi connectivity index (χ0n) is 19.7. The van der Waals surface area contributed by atoms with Crippen LogP contribution in [0.4, 0.5) is 0 Å². The predicted molar refractivity (Wildman–Crippen MR) is 128 cm³/mol. The van der Waals surface area contributed by atoms with Gasteiger partial charge < -0.3 is 37.5 Å². The van der Waals surface area contributed by atoms with Crippen LogP contribution in [0.15, 0.2) is 30.5 Å². The van der Waals surface area contributed by atoms with Gasteiger partial charge in [0.05, 0.1) is 6.54 Å². The van der Waals surface area contributed by atoms with E-state index in [0.717, 1.165) is 16.5 Å². The summed E-state index contributed by atoms with van der Waals surface area (Å²) in [6.07, 6.45) is 1.44. The molecular formula is C23H32N6O6. The van der Waals surface area contributed by atoms with Crippen molar-refractivity contribution in [3.63, 3.8) is 0 Å². The van der Waals surface area contributed by atoms with Crippen LogP contribution in [0.5, 0.6) is 0 Å². The second-order valence-electron chi connectivity index (χ2n) is 8.52. The Morgan fingerprint density at radius 3 is 2.26 bits per heavy atom. The highest BCUT2D eigenvalue weighted by Crippen LogP contribution is 2.19. The van der Waals surface area contributed by atoms with Crippen LogP contribution in [0.1, 0.15) is 32.3 Å². The molecule has 2 aromatic rings. The number of nitrogens with one attached hydrogen (secondary N) is 4. The topological polar surface area (TPSA) is 209 Å². The van der Waals surface area contributed by atoms with Crippen LogP contribution < -0.4 is 27.4 Å². The van der Waals surface area contributed by atoms with Crippen LogP contribution in [-0.2, 0) is 30.4 Å². The van der Waals surface area contributed by atoms with E-state index in [9.17, 15) is 29.1 Å². The van der Waals surface area contributed by atoms with E-state index in [0.29, 0.717) is 0 Å². The standard InChI is InChI=1S/C23H32N6O6/c1-12(2)20(23(34)35)29-21(32)16(7-8-18(25)30)28-22(33)17(27-19(31)10-24)9-13-11-26-15-6-4-3-5-14(13)15/h3-6,11-12,16-17,20,26H,7-10,24H2,1-2H3,(H2,25,30)(H,27,31)(H,28,33)(H,29,32)(H,34,35). The number of fused-ring (bicyclic) bond motifs is 1. The molecule has 0 radical (unpaired) electrons. The summed E-state index contributed by atoms with van der Waals surface area (Å²) < 4.78 is 0. The molecule has 0 spiro atoms.